The van der Waals surface area contributed by atoms with E-state index in [1.807, 2.05) is 0 Å². The second-order valence-electron chi connectivity index (χ2n) is 11.7. The fourth-order valence-corrected chi connectivity index (χ4v) is 5.25. The van der Waals surface area contributed by atoms with Gasteiger partial charge in [-0.2, -0.15) is 0 Å². The summed E-state index contributed by atoms with van der Waals surface area (Å²) in [4.78, 5) is 45.4. The first kappa shape index (κ1) is 43.2. The summed E-state index contributed by atoms with van der Waals surface area (Å²) in [7, 11) is -4.70. The van der Waals surface area contributed by atoms with E-state index in [-0.39, 0.29) is 19.4 Å². The maximum atomic E-state index is 12.5. The van der Waals surface area contributed by atoms with Crippen LogP contribution in [0.4, 0.5) is 0 Å². The molecule has 0 aromatic rings. The third-order valence-electron chi connectivity index (χ3n) is 7.26. The number of aliphatic carboxylic acids is 1. The number of hydrogen-bond donors (Lipinski definition) is 3. The number of esters is 2. The van der Waals surface area contributed by atoms with Crippen LogP contribution in [0.5, 0.6) is 0 Å². The predicted molar refractivity (Wildman–Crippen MR) is 176 cm³/mol. The van der Waals surface area contributed by atoms with E-state index in [1.165, 1.54) is 64.2 Å². The van der Waals surface area contributed by atoms with Crippen molar-refractivity contribution >= 4 is 25.7 Å². The zero-order valence-electron chi connectivity index (χ0n) is 28.0. The van der Waals surface area contributed by atoms with E-state index in [0.717, 1.165) is 44.9 Å². The van der Waals surface area contributed by atoms with Crippen LogP contribution < -0.4 is 5.73 Å². The maximum absolute atomic E-state index is 12.5. The molecule has 11 nitrogen and oxygen atoms in total. The summed E-state index contributed by atoms with van der Waals surface area (Å²) in [6.07, 6.45) is 24.5. The van der Waals surface area contributed by atoms with Crippen LogP contribution in [0.1, 0.15) is 149 Å². The minimum atomic E-state index is -4.70. The Morgan fingerprint density at radius 3 is 1.64 bits per heavy atom. The van der Waals surface area contributed by atoms with Gasteiger partial charge < -0.3 is 25.2 Å². The van der Waals surface area contributed by atoms with Gasteiger partial charge in [0.05, 0.1) is 13.2 Å². The maximum Gasteiger partial charge on any atom is 0.472 e. The van der Waals surface area contributed by atoms with Gasteiger partial charge in [0.2, 0.25) is 0 Å². The molecule has 1 unspecified atom stereocenters. The monoisotopic (exact) mass is 663 g/mol. The summed E-state index contributed by atoms with van der Waals surface area (Å²) < 4.78 is 32.4. The molecule has 12 heteroatoms. The molecule has 0 aliphatic heterocycles. The highest BCUT2D eigenvalue weighted by Gasteiger charge is 2.28. The summed E-state index contributed by atoms with van der Waals surface area (Å²) in [6, 6.07) is -1.52. The Morgan fingerprint density at radius 2 is 1.11 bits per heavy atom. The number of carboxylic acid groups (broad SMARTS) is 1. The Kier molecular flexibility index (Phi) is 28.4. The number of carboxylic acids is 1. The molecule has 0 saturated heterocycles. The molecule has 0 saturated carbocycles. The molecule has 0 fully saturated rings. The SMILES string of the molecule is CCCCCCCC/C=C/CCCCCC(=O)O[C@H](COC(=O)CCCCCCCCCC)COP(=O)(O)OC[C@H](N)C(=O)O. The Hall–Kier alpha value is -1.78. The van der Waals surface area contributed by atoms with Crippen LogP contribution in [0.15, 0.2) is 12.2 Å². The van der Waals surface area contributed by atoms with E-state index in [9.17, 15) is 23.8 Å². The van der Waals surface area contributed by atoms with Crippen molar-refractivity contribution in [3.8, 4) is 0 Å². The van der Waals surface area contributed by atoms with Gasteiger partial charge in [-0.15, -0.1) is 0 Å². The Morgan fingerprint density at radius 1 is 0.667 bits per heavy atom. The van der Waals surface area contributed by atoms with E-state index < -0.39 is 51.1 Å². The molecular weight excluding hydrogens is 601 g/mol. The lowest BCUT2D eigenvalue weighted by atomic mass is 10.1. The minimum Gasteiger partial charge on any atom is -0.480 e. The zero-order valence-corrected chi connectivity index (χ0v) is 28.9. The molecular formula is C33H62NO10P. The number of allylic oxidation sites excluding steroid dienone is 2. The number of hydrogen-bond acceptors (Lipinski definition) is 9. The Bertz CT molecular complexity index is 838. The van der Waals surface area contributed by atoms with Crippen molar-refractivity contribution < 1.29 is 47.5 Å². The number of unbranched alkanes of at least 4 members (excludes halogenated alkanes) is 16. The Labute approximate surface area is 271 Å². The van der Waals surface area contributed by atoms with Crippen molar-refractivity contribution in [2.24, 2.45) is 5.73 Å². The lowest BCUT2D eigenvalue weighted by Crippen LogP contribution is -2.34. The van der Waals surface area contributed by atoms with Crippen LogP contribution in [0.3, 0.4) is 0 Å². The van der Waals surface area contributed by atoms with Gasteiger partial charge in [0.1, 0.15) is 12.6 Å². The summed E-state index contributed by atoms with van der Waals surface area (Å²) in [5, 5.41) is 8.82. The first-order valence-electron chi connectivity index (χ1n) is 17.2. The highest BCUT2D eigenvalue weighted by Crippen LogP contribution is 2.43. The number of carbonyl (C=O) groups excluding carboxylic acids is 2. The average Bonchev–Trinajstić information content (AvgIpc) is 3.00. The highest BCUT2D eigenvalue weighted by molar-refractivity contribution is 7.47. The van der Waals surface area contributed by atoms with Crippen molar-refractivity contribution in [3.63, 3.8) is 0 Å². The summed E-state index contributed by atoms with van der Waals surface area (Å²) in [6.45, 7) is 2.71. The number of ether oxygens (including phenoxy) is 2. The van der Waals surface area contributed by atoms with Crippen LogP contribution in [0.2, 0.25) is 0 Å². The molecule has 45 heavy (non-hydrogen) atoms. The standard InChI is InChI=1S/C33H62NO10P/c1-3-5-7-9-11-13-14-15-16-17-19-21-23-25-32(36)44-29(27-42-45(39,40)43-28-30(34)33(37)38)26-41-31(35)24-22-20-18-12-10-8-6-4-2/h15-16,29-30H,3-14,17-28,34H2,1-2H3,(H,37,38)(H,39,40)/b16-15+/t29-,30+/m1/s1. The lowest BCUT2D eigenvalue weighted by molar-refractivity contribution is -0.161. The smallest absolute Gasteiger partial charge is 0.472 e. The van der Waals surface area contributed by atoms with Crippen LogP contribution in [-0.2, 0) is 37.5 Å². The van der Waals surface area contributed by atoms with E-state index in [1.54, 1.807) is 0 Å². The predicted octanol–water partition coefficient (Wildman–Crippen LogP) is 7.78. The zero-order chi connectivity index (χ0) is 33.6. The molecule has 0 amide bonds. The fraction of sp³-hybridized carbons (Fsp3) is 0.848. The van der Waals surface area contributed by atoms with Crippen molar-refractivity contribution in [2.45, 2.75) is 161 Å². The molecule has 0 rings (SSSR count). The van der Waals surface area contributed by atoms with Crippen LogP contribution in [0.25, 0.3) is 0 Å². The molecule has 0 bridgehead atoms. The van der Waals surface area contributed by atoms with Gasteiger partial charge in [-0.1, -0.05) is 109 Å². The van der Waals surface area contributed by atoms with Gasteiger partial charge in [0, 0.05) is 12.8 Å². The third kappa shape index (κ3) is 29.4. The van der Waals surface area contributed by atoms with E-state index in [0.29, 0.717) is 12.8 Å². The summed E-state index contributed by atoms with van der Waals surface area (Å²) in [5.41, 5.74) is 5.29. The number of carbonyl (C=O) groups is 3. The van der Waals surface area contributed by atoms with Crippen LogP contribution in [-0.4, -0.2) is 59.9 Å². The average molecular weight is 664 g/mol. The van der Waals surface area contributed by atoms with E-state index in [2.05, 4.69) is 30.5 Å². The second kappa shape index (κ2) is 29.6. The molecule has 264 valence electrons. The second-order valence-corrected chi connectivity index (χ2v) is 13.1. The lowest BCUT2D eigenvalue weighted by Gasteiger charge is -2.20. The summed E-state index contributed by atoms with van der Waals surface area (Å²) in [5.74, 6) is -2.40. The number of phosphoric acid groups is 1. The van der Waals surface area contributed by atoms with Gasteiger partial charge in [0.25, 0.3) is 0 Å². The molecule has 0 aromatic heterocycles. The molecule has 3 atom stereocenters. The Balaban J connectivity index is 4.51. The van der Waals surface area contributed by atoms with Gasteiger partial charge in [-0.3, -0.25) is 23.4 Å². The highest BCUT2D eigenvalue weighted by atomic mass is 31.2. The van der Waals surface area contributed by atoms with Crippen molar-refractivity contribution in [2.75, 3.05) is 19.8 Å². The van der Waals surface area contributed by atoms with Crippen LogP contribution in [0, 0.1) is 0 Å². The first-order chi connectivity index (χ1) is 21.6. The fourth-order valence-electron chi connectivity index (χ4n) is 4.47. The largest absolute Gasteiger partial charge is 0.480 e. The van der Waals surface area contributed by atoms with Gasteiger partial charge >= 0.3 is 25.7 Å². The van der Waals surface area contributed by atoms with Crippen molar-refractivity contribution in [3.05, 3.63) is 12.2 Å². The minimum absolute atomic E-state index is 0.144. The van der Waals surface area contributed by atoms with Gasteiger partial charge in [-0.05, 0) is 38.5 Å². The molecule has 0 heterocycles. The summed E-state index contributed by atoms with van der Waals surface area (Å²) >= 11 is 0. The van der Waals surface area contributed by atoms with E-state index >= 15 is 0 Å². The van der Waals surface area contributed by atoms with Crippen LogP contribution >= 0.6 is 7.82 Å². The quantitative estimate of drug-likeness (QED) is 0.0278. The molecule has 0 aliphatic carbocycles. The topological polar surface area (TPSA) is 172 Å². The number of rotatable bonds is 32. The van der Waals surface area contributed by atoms with Gasteiger partial charge in [-0.25, -0.2) is 4.57 Å². The van der Waals surface area contributed by atoms with E-state index in [4.69, 9.17) is 24.8 Å². The molecule has 0 spiro atoms. The third-order valence-corrected chi connectivity index (χ3v) is 8.21. The first-order valence-corrected chi connectivity index (χ1v) is 18.7. The number of phosphoric ester groups is 1. The van der Waals surface area contributed by atoms with Crippen molar-refractivity contribution in [1.82, 2.24) is 0 Å². The molecule has 0 radical (unpaired) electrons. The molecule has 4 N–H and O–H groups in total. The number of nitrogens with two attached hydrogens (primary N) is 1. The molecule has 0 aromatic carbocycles. The normalized spacial score (nSPS) is 14.2. The van der Waals surface area contributed by atoms with Crippen molar-refractivity contribution in [1.29, 1.82) is 0 Å². The van der Waals surface area contributed by atoms with Gasteiger partial charge in [0.15, 0.2) is 6.10 Å². The molecule has 0 aliphatic rings.